The Balaban J connectivity index is 1.30. The third-order valence-electron chi connectivity index (χ3n) is 5.68. The highest BCUT2D eigenvalue weighted by atomic mass is 16.5. The van der Waals surface area contributed by atoms with Gasteiger partial charge in [-0.1, -0.05) is 25.0 Å². The molecule has 1 aliphatic carbocycles. The van der Waals surface area contributed by atoms with E-state index in [1.165, 1.54) is 0 Å². The summed E-state index contributed by atoms with van der Waals surface area (Å²) in [6, 6.07) is 6.50. The van der Waals surface area contributed by atoms with Crippen LogP contribution in [0.2, 0.25) is 0 Å². The van der Waals surface area contributed by atoms with Gasteiger partial charge in [-0.2, -0.15) is 0 Å². The van der Waals surface area contributed by atoms with E-state index < -0.39 is 24.3 Å². The van der Waals surface area contributed by atoms with Crippen molar-refractivity contribution >= 4 is 29.6 Å². The average molecular weight is 384 g/mol. The van der Waals surface area contributed by atoms with Crippen LogP contribution >= 0.6 is 0 Å². The summed E-state index contributed by atoms with van der Waals surface area (Å²) < 4.78 is 5.08. The molecule has 2 heterocycles. The fourth-order valence-electron chi connectivity index (χ4n) is 4.25. The highest BCUT2D eigenvalue weighted by Crippen LogP contribution is 2.37. The topological polar surface area (TPSA) is 101 Å². The van der Waals surface area contributed by atoms with Gasteiger partial charge in [-0.25, -0.2) is 0 Å². The minimum absolute atomic E-state index is 0.0781. The maximum absolute atomic E-state index is 12.4. The lowest BCUT2D eigenvalue weighted by Crippen LogP contribution is -2.38. The standard InChI is InChI=1S/C20H20N2O6/c23-16(11-22-19(26)14-7-3-4-8-15(14)20(22)27)28-10-9-21-17(24)12-5-1-2-6-13(12)18(21)25/h1-2,5-6,14-15H,3-4,7-11H2/t14-,15+. The minimum Gasteiger partial charge on any atom is -0.462 e. The number of rotatable bonds is 5. The number of nitrogens with zero attached hydrogens (tertiary/aromatic N) is 2. The van der Waals surface area contributed by atoms with Crippen LogP contribution < -0.4 is 0 Å². The molecule has 146 valence electrons. The van der Waals surface area contributed by atoms with Crippen molar-refractivity contribution in [2.45, 2.75) is 25.7 Å². The van der Waals surface area contributed by atoms with E-state index in [-0.39, 0.29) is 36.8 Å². The summed E-state index contributed by atoms with van der Waals surface area (Å²) >= 11 is 0. The quantitative estimate of drug-likeness (QED) is 0.555. The van der Waals surface area contributed by atoms with E-state index >= 15 is 0 Å². The number of likely N-dealkylation sites (tertiary alicyclic amines) is 1. The Labute approximate surface area is 161 Å². The van der Waals surface area contributed by atoms with E-state index in [1.54, 1.807) is 24.3 Å². The fraction of sp³-hybridized carbons (Fsp3) is 0.450. The zero-order valence-electron chi connectivity index (χ0n) is 15.3. The molecule has 8 nitrogen and oxygen atoms in total. The first kappa shape index (κ1) is 18.3. The van der Waals surface area contributed by atoms with E-state index in [2.05, 4.69) is 0 Å². The van der Waals surface area contributed by atoms with Crippen molar-refractivity contribution in [3.05, 3.63) is 35.4 Å². The van der Waals surface area contributed by atoms with E-state index in [1.807, 2.05) is 0 Å². The predicted octanol–water partition coefficient (Wildman–Crippen LogP) is 1.00. The van der Waals surface area contributed by atoms with Gasteiger partial charge in [0.1, 0.15) is 13.2 Å². The molecule has 1 saturated heterocycles. The lowest BCUT2D eigenvalue weighted by atomic mass is 9.81. The monoisotopic (exact) mass is 384 g/mol. The van der Waals surface area contributed by atoms with Crippen molar-refractivity contribution in [3.63, 3.8) is 0 Å². The van der Waals surface area contributed by atoms with Crippen molar-refractivity contribution in [2.24, 2.45) is 11.8 Å². The highest BCUT2D eigenvalue weighted by molar-refractivity contribution is 6.21. The molecule has 8 heteroatoms. The molecule has 0 spiro atoms. The van der Waals surface area contributed by atoms with Gasteiger partial charge in [-0.15, -0.1) is 0 Å². The van der Waals surface area contributed by atoms with Crippen molar-refractivity contribution in [1.29, 1.82) is 0 Å². The zero-order chi connectivity index (χ0) is 19.8. The summed E-state index contributed by atoms with van der Waals surface area (Å²) in [5.41, 5.74) is 0.657. The number of ether oxygens (including phenoxy) is 1. The number of imide groups is 2. The number of benzene rings is 1. The molecule has 0 radical (unpaired) electrons. The van der Waals surface area contributed by atoms with Gasteiger partial charge < -0.3 is 4.74 Å². The zero-order valence-corrected chi connectivity index (χ0v) is 15.3. The Hall–Kier alpha value is -3.03. The van der Waals surface area contributed by atoms with Crippen LogP contribution in [0.5, 0.6) is 0 Å². The summed E-state index contributed by atoms with van der Waals surface area (Å²) in [4.78, 5) is 63.4. The van der Waals surface area contributed by atoms with Gasteiger partial charge in [0.15, 0.2) is 0 Å². The Kier molecular flexibility index (Phi) is 4.70. The first-order valence-corrected chi connectivity index (χ1v) is 9.45. The van der Waals surface area contributed by atoms with E-state index in [9.17, 15) is 24.0 Å². The van der Waals surface area contributed by atoms with Crippen molar-refractivity contribution in [1.82, 2.24) is 9.80 Å². The average Bonchev–Trinajstić information content (AvgIpc) is 3.09. The van der Waals surface area contributed by atoms with Gasteiger partial charge in [0.05, 0.1) is 29.5 Å². The Morgan fingerprint density at radius 2 is 1.43 bits per heavy atom. The van der Waals surface area contributed by atoms with Gasteiger partial charge in [0, 0.05) is 0 Å². The fourth-order valence-corrected chi connectivity index (χ4v) is 4.25. The molecule has 0 N–H and O–H groups in total. The first-order chi connectivity index (χ1) is 13.5. The molecule has 4 amide bonds. The van der Waals surface area contributed by atoms with Crippen molar-refractivity contribution in [2.75, 3.05) is 19.7 Å². The predicted molar refractivity (Wildman–Crippen MR) is 94.9 cm³/mol. The Bertz CT molecular complexity index is 820. The summed E-state index contributed by atoms with van der Waals surface area (Å²) in [6.45, 7) is -0.689. The first-order valence-electron chi connectivity index (χ1n) is 9.45. The maximum Gasteiger partial charge on any atom is 0.326 e. The molecular weight excluding hydrogens is 364 g/mol. The number of amides is 4. The summed E-state index contributed by atoms with van der Waals surface area (Å²) in [5, 5.41) is 0. The number of hydrogen-bond donors (Lipinski definition) is 0. The van der Waals surface area contributed by atoms with Gasteiger partial charge in [0.2, 0.25) is 11.8 Å². The third kappa shape index (κ3) is 2.98. The smallest absolute Gasteiger partial charge is 0.326 e. The molecule has 2 aliphatic heterocycles. The summed E-state index contributed by atoms with van der Waals surface area (Å²) in [7, 11) is 0. The number of carbonyl (C=O) groups excluding carboxylic acids is 5. The van der Waals surface area contributed by atoms with Crippen LogP contribution in [0.25, 0.3) is 0 Å². The lowest BCUT2D eigenvalue weighted by molar-refractivity contribution is -0.153. The lowest BCUT2D eigenvalue weighted by Gasteiger charge is -2.19. The largest absolute Gasteiger partial charge is 0.462 e. The molecule has 28 heavy (non-hydrogen) atoms. The van der Waals surface area contributed by atoms with Crippen LogP contribution in [0.3, 0.4) is 0 Å². The molecule has 2 fully saturated rings. The molecule has 1 saturated carbocycles. The van der Waals surface area contributed by atoms with Crippen LogP contribution in [-0.2, 0) is 19.1 Å². The van der Waals surface area contributed by atoms with Crippen LogP contribution in [0.15, 0.2) is 24.3 Å². The highest BCUT2D eigenvalue weighted by Gasteiger charge is 2.48. The third-order valence-corrected chi connectivity index (χ3v) is 5.68. The van der Waals surface area contributed by atoms with Gasteiger partial charge in [-0.05, 0) is 25.0 Å². The number of carbonyl (C=O) groups is 5. The normalized spacial score (nSPS) is 23.9. The SMILES string of the molecule is O=C(CN1C(=O)[C@H]2CCCC[C@H]2C1=O)OCCN1C(=O)c2ccccc2C1=O. The minimum atomic E-state index is -0.725. The van der Waals surface area contributed by atoms with Crippen molar-refractivity contribution < 1.29 is 28.7 Å². The van der Waals surface area contributed by atoms with Crippen LogP contribution in [0.1, 0.15) is 46.4 Å². The second kappa shape index (κ2) is 7.18. The van der Waals surface area contributed by atoms with Crippen LogP contribution in [0, 0.1) is 11.8 Å². The molecule has 0 bridgehead atoms. The van der Waals surface area contributed by atoms with Crippen LogP contribution in [0.4, 0.5) is 0 Å². The molecule has 2 atom stereocenters. The van der Waals surface area contributed by atoms with Gasteiger partial charge in [-0.3, -0.25) is 33.8 Å². The molecular formula is C20H20N2O6. The van der Waals surface area contributed by atoms with E-state index in [0.29, 0.717) is 24.0 Å². The van der Waals surface area contributed by atoms with Gasteiger partial charge in [0.25, 0.3) is 11.8 Å². The Morgan fingerprint density at radius 3 is 1.96 bits per heavy atom. The second-order valence-electron chi connectivity index (χ2n) is 7.29. The molecule has 0 unspecified atom stereocenters. The number of esters is 1. The summed E-state index contributed by atoms with van der Waals surface area (Å²) in [6.07, 6.45) is 3.19. The summed E-state index contributed by atoms with van der Waals surface area (Å²) in [5.74, 6) is -2.80. The molecule has 1 aromatic carbocycles. The molecule has 4 rings (SSSR count). The number of hydrogen-bond acceptors (Lipinski definition) is 6. The Morgan fingerprint density at radius 1 is 0.893 bits per heavy atom. The van der Waals surface area contributed by atoms with Crippen molar-refractivity contribution in [3.8, 4) is 0 Å². The molecule has 3 aliphatic rings. The second-order valence-corrected chi connectivity index (χ2v) is 7.29. The maximum atomic E-state index is 12.4. The number of fused-ring (bicyclic) bond motifs is 2. The van der Waals surface area contributed by atoms with E-state index in [4.69, 9.17) is 4.74 Å². The van der Waals surface area contributed by atoms with Crippen LogP contribution in [-0.4, -0.2) is 59.1 Å². The van der Waals surface area contributed by atoms with Gasteiger partial charge >= 0.3 is 5.97 Å². The van der Waals surface area contributed by atoms with E-state index in [0.717, 1.165) is 22.6 Å². The molecule has 1 aromatic rings. The molecule has 0 aromatic heterocycles.